The fraction of sp³-hybridized carbons (Fsp3) is 0.250. The Labute approximate surface area is 111 Å². The molecule has 0 aliphatic rings. The van der Waals surface area contributed by atoms with E-state index in [9.17, 15) is 36.9 Å². The Kier molecular flexibility index (Phi) is 4.43. The molecule has 0 amide bonds. The Morgan fingerprint density at radius 2 is 2.00 bits per heavy atom. The summed E-state index contributed by atoms with van der Waals surface area (Å²) >= 11 is 4.90. The largest absolute Gasteiger partial charge is 0.573 e. The molecule has 0 radical (unpaired) electrons. The van der Waals surface area contributed by atoms with Crippen LogP contribution in [0.5, 0.6) is 5.75 Å². The normalized spacial score (nSPS) is 11.6. The van der Waals surface area contributed by atoms with Gasteiger partial charge in [-0.1, -0.05) is 0 Å². The van der Waals surface area contributed by atoms with E-state index in [1.807, 2.05) is 0 Å². The number of carbonyl (C=O) groups excluding carboxylic acids is 1. The van der Waals surface area contributed by atoms with Crippen LogP contribution in [0.1, 0.15) is 22.5 Å². The Morgan fingerprint density at radius 3 is 2.35 bits per heavy atom. The van der Waals surface area contributed by atoms with Crippen LogP contribution in [0.3, 0.4) is 0 Å². The zero-order valence-electron chi connectivity index (χ0n) is 8.95. The van der Waals surface area contributed by atoms with Gasteiger partial charge in [0.15, 0.2) is 11.3 Å². The molecule has 1 aromatic heterocycles. The number of rotatable bonds is 4. The molecular formula is C8H2ClF5N2O4. The second-order valence-electron chi connectivity index (χ2n) is 3.11. The highest BCUT2D eigenvalue weighted by Gasteiger charge is 2.39. The van der Waals surface area contributed by atoms with Gasteiger partial charge in [0.25, 0.3) is 11.7 Å². The van der Waals surface area contributed by atoms with Gasteiger partial charge in [-0.3, -0.25) is 14.9 Å². The van der Waals surface area contributed by atoms with Crippen molar-refractivity contribution >= 4 is 22.5 Å². The molecule has 20 heavy (non-hydrogen) atoms. The van der Waals surface area contributed by atoms with Gasteiger partial charge in [-0.25, -0.2) is 13.8 Å². The molecule has 0 saturated carbocycles. The van der Waals surface area contributed by atoms with Gasteiger partial charge in [-0.2, -0.15) is 0 Å². The number of hydrogen-bond acceptors (Lipinski definition) is 5. The molecule has 0 bridgehead atoms. The molecule has 0 spiro atoms. The van der Waals surface area contributed by atoms with Crippen molar-refractivity contribution in [2.45, 2.75) is 12.8 Å². The van der Waals surface area contributed by atoms with E-state index in [2.05, 4.69) is 9.72 Å². The SMILES string of the molecule is O=C(Cl)c1c([N+](=O)[O-])cnc(C(F)F)c1OC(F)(F)F. The molecule has 0 aromatic carbocycles. The molecule has 0 unspecified atom stereocenters. The van der Waals surface area contributed by atoms with Gasteiger partial charge in [-0.15, -0.1) is 13.2 Å². The van der Waals surface area contributed by atoms with Crippen molar-refractivity contribution < 1.29 is 36.4 Å². The van der Waals surface area contributed by atoms with Crippen LogP contribution in [-0.2, 0) is 0 Å². The number of nitro groups is 1. The van der Waals surface area contributed by atoms with Crippen molar-refractivity contribution in [2.24, 2.45) is 0 Å². The third kappa shape index (κ3) is 3.50. The van der Waals surface area contributed by atoms with Gasteiger partial charge in [0.2, 0.25) is 0 Å². The molecule has 110 valence electrons. The van der Waals surface area contributed by atoms with Crippen LogP contribution in [-0.4, -0.2) is 21.5 Å². The number of carbonyl (C=O) groups is 1. The summed E-state index contributed by atoms with van der Waals surface area (Å²) in [5, 5.41) is 8.79. The minimum atomic E-state index is -5.47. The fourth-order valence-electron chi connectivity index (χ4n) is 1.20. The monoisotopic (exact) mass is 320 g/mol. The summed E-state index contributed by atoms with van der Waals surface area (Å²) in [4.78, 5) is 23.0. The topological polar surface area (TPSA) is 82.3 Å². The Hall–Kier alpha value is -2.04. The van der Waals surface area contributed by atoms with E-state index >= 15 is 0 Å². The molecular weight excluding hydrogens is 319 g/mol. The van der Waals surface area contributed by atoms with Gasteiger partial charge in [0.1, 0.15) is 11.9 Å². The molecule has 6 nitrogen and oxygen atoms in total. The number of aromatic nitrogens is 1. The zero-order chi connectivity index (χ0) is 15.7. The molecule has 0 N–H and O–H groups in total. The van der Waals surface area contributed by atoms with E-state index in [1.165, 1.54) is 0 Å². The van der Waals surface area contributed by atoms with E-state index in [1.54, 1.807) is 0 Å². The highest BCUT2D eigenvalue weighted by Crippen LogP contribution is 2.39. The summed E-state index contributed by atoms with van der Waals surface area (Å²) in [5.74, 6) is -1.79. The van der Waals surface area contributed by atoms with E-state index in [4.69, 9.17) is 11.6 Å². The highest BCUT2D eigenvalue weighted by atomic mass is 35.5. The lowest BCUT2D eigenvalue weighted by Gasteiger charge is -2.14. The maximum atomic E-state index is 12.5. The Balaban J connectivity index is 3.65. The number of pyridine rings is 1. The number of alkyl halides is 5. The molecule has 0 fully saturated rings. The highest BCUT2D eigenvalue weighted by molar-refractivity contribution is 6.68. The molecule has 0 saturated heterocycles. The average molecular weight is 321 g/mol. The van der Waals surface area contributed by atoms with Crippen LogP contribution in [0.15, 0.2) is 6.20 Å². The fourth-order valence-corrected chi connectivity index (χ4v) is 1.38. The summed E-state index contributed by atoms with van der Waals surface area (Å²) in [6.07, 6.45) is -8.84. The van der Waals surface area contributed by atoms with E-state index < -0.39 is 45.6 Å². The van der Waals surface area contributed by atoms with Gasteiger partial charge in [0, 0.05) is 0 Å². The molecule has 1 heterocycles. The first-order valence-electron chi connectivity index (χ1n) is 4.45. The Morgan fingerprint density at radius 1 is 1.45 bits per heavy atom. The maximum Gasteiger partial charge on any atom is 0.573 e. The van der Waals surface area contributed by atoms with Crippen LogP contribution in [0.2, 0.25) is 0 Å². The van der Waals surface area contributed by atoms with Crippen molar-refractivity contribution in [3.05, 3.63) is 27.6 Å². The van der Waals surface area contributed by atoms with Gasteiger partial charge in [0.05, 0.1) is 4.92 Å². The first-order valence-corrected chi connectivity index (χ1v) is 4.83. The molecule has 0 aliphatic carbocycles. The van der Waals surface area contributed by atoms with Crippen molar-refractivity contribution in [1.82, 2.24) is 4.98 Å². The first-order chi connectivity index (χ1) is 9.04. The summed E-state index contributed by atoms with van der Waals surface area (Å²) in [6, 6.07) is 0. The van der Waals surface area contributed by atoms with Crippen molar-refractivity contribution in [1.29, 1.82) is 0 Å². The molecule has 0 atom stereocenters. The third-order valence-electron chi connectivity index (χ3n) is 1.86. The molecule has 0 aliphatic heterocycles. The minimum Gasteiger partial charge on any atom is -0.402 e. The summed E-state index contributed by atoms with van der Waals surface area (Å²) in [6.45, 7) is 0. The molecule has 1 rings (SSSR count). The summed E-state index contributed by atoms with van der Waals surface area (Å²) in [7, 11) is 0. The van der Waals surface area contributed by atoms with Crippen LogP contribution >= 0.6 is 11.6 Å². The van der Waals surface area contributed by atoms with Crippen molar-refractivity contribution in [3.8, 4) is 5.75 Å². The van der Waals surface area contributed by atoms with Gasteiger partial charge >= 0.3 is 12.0 Å². The second kappa shape index (κ2) is 5.53. The van der Waals surface area contributed by atoms with Crippen LogP contribution in [0.4, 0.5) is 27.6 Å². The van der Waals surface area contributed by atoms with Crippen molar-refractivity contribution in [2.75, 3.05) is 0 Å². The first kappa shape index (κ1) is 16.0. The zero-order valence-corrected chi connectivity index (χ0v) is 9.71. The standard InChI is InChI=1S/C8H2ClF5N2O4/c9-6(17)3-2(16(18)19)1-15-4(7(10)11)5(3)20-8(12,13)14/h1,7H. The van der Waals surface area contributed by atoms with Crippen LogP contribution < -0.4 is 4.74 Å². The van der Waals surface area contributed by atoms with E-state index in [0.717, 1.165) is 0 Å². The average Bonchev–Trinajstić information content (AvgIpc) is 2.24. The second-order valence-corrected chi connectivity index (χ2v) is 3.46. The lowest BCUT2D eigenvalue weighted by Crippen LogP contribution is -2.21. The summed E-state index contributed by atoms with van der Waals surface area (Å²) in [5.41, 5.74) is -4.31. The summed E-state index contributed by atoms with van der Waals surface area (Å²) < 4.78 is 64.7. The number of nitrogens with zero attached hydrogens (tertiary/aromatic N) is 2. The smallest absolute Gasteiger partial charge is 0.402 e. The van der Waals surface area contributed by atoms with Crippen LogP contribution in [0.25, 0.3) is 0 Å². The predicted octanol–water partition coefficient (Wildman–Crippen LogP) is 3.20. The number of halogens is 6. The number of hydrogen-bond donors (Lipinski definition) is 0. The van der Waals surface area contributed by atoms with Crippen molar-refractivity contribution in [3.63, 3.8) is 0 Å². The third-order valence-corrected chi connectivity index (χ3v) is 2.05. The molecule has 12 heteroatoms. The van der Waals surface area contributed by atoms with Crippen LogP contribution in [0, 0.1) is 10.1 Å². The lowest BCUT2D eigenvalue weighted by atomic mass is 10.2. The van der Waals surface area contributed by atoms with E-state index in [-0.39, 0.29) is 6.20 Å². The van der Waals surface area contributed by atoms with Gasteiger partial charge < -0.3 is 4.74 Å². The van der Waals surface area contributed by atoms with E-state index in [0.29, 0.717) is 0 Å². The lowest BCUT2D eigenvalue weighted by molar-refractivity contribution is -0.385. The Bertz CT molecular complexity index is 563. The predicted molar refractivity (Wildman–Crippen MR) is 52.7 cm³/mol. The maximum absolute atomic E-state index is 12.5. The minimum absolute atomic E-state index is 0.195. The molecule has 1 aromatic rings. The number of ether oxygens (including phenoxy) is 1. The van der Waals surface area contributed by atoms with Gasteiger partial charge in [-0.05, 0) is 11.6 Å². The quantitative estimate of drug-likeness (QED) is 0.368.